The molecule has 2 N–H and O–H groups in total. The van der Waals surface area contributed by atoms with Gasteiger partial charge in [-0.3, -0.25) is 10.1 Å². The molecule has 0 fully saturated rings. The monoisotopic (exact) mass is 345 g/mol. The zero-order chi connectivity index (χ0) is 17.5. The van der Waals surface area contributed by atoms with Crippen LogP contribution in [0.25, 0.3) is 0 Å². The highest BCUT2D eigenvalue weighted by Crippen LogP contribution is 2.18. The number of nitrogens with zero attached hydrogens (tertiary/aromatic N) is 3. The van der Waals surface area contributed by atoms with Crippen molar-refractivity contribution in [3.8, 4) is 0 Å². The van der Waals surface area contributed by atoms with Crippen LogP contribution in [-0.4, -0.2) is 32.5 Å². The molecule has 0 aliphatic carbocycles. The van der Waals surface area contributed by atoms with Gasteiger partial charge in [0, 0.05) is 12.2 Å². The SMILES string of the molecule is C=CCn1cnnc1SCC(=O)NC(=O)Nc1cccc(C)c1C. The highest BCUT2D eigenvalue weighted by atomic mass is 32.2. The minimum absolute atomic E-state index is 0.0655. The molecule has 1 aromatic heterocycles. The molecule has 1 aromatic carbocycles. The maximum atomic E-state index is 11.9. The zero-order valence-electron chi connectivity index (χ0n) is 13.6. The molecular weight excluding hydrogens is 326 g/mol. The van der Waals surface area contributed by atoms with E-state index in [0.29, 0.717) is 17.4 Å². The third-order valence-electron chi connectivity index (χ3n) is 3.34. The van der Waals surface area contributed by atoms with Gasteiger partial charge in [-0.25, -0.2) is 4.79 Å². The van der Waals surface area contributed by atoms with Gasteiger partial charge in [0.05, 0.1) is 5.75 Å². The molecule has 0 bridgehead atoms. The van der Waals surface area contributed by atoms with Crippen molar-refractivity contribution >= 4 is 29.4 Å². The number of carbonyl (C=O) groups excluding carboxylic acids is 2. The van der Waals surface area contributed by atoms with Crippen LogP contribution >= 0.6 is 11.8 Å². The second-order valence-electron chi connectivity index (χ2n) is 5.09. The number of urea groups is 1. The van der Waals surface area contributed by atoms with Gasteiger partial charge in [-0.2, -0.15) is 0 Å². The number of hydrogen-bond acceptors (Lipinski definition) is 5. The van der Waals surface area contributed by atoms with Crippen LogP contribution in [0, 0.1) is 13.8 Å². The van der Waals surface area contributed by atoms with Crippen molar-refractivity contribution in [1.29, 1.82) is 0 Å². The Labute approximate surface area is 144 Å². The molecule has 7 nitrogen and oxygen atoms in total. The number of aromatic nitrogens is 3. The molecule has 24 heavy (non-hydrogen) atoms. The number of anilines is 1. The van der Waals surface area contributed by atoms with E-state index in [9.17, 15) is 9.59 Å². The summed E-state index contributed by atoms with van der Waals surface area (Å²) >= 11 is 1.21. The highest BCUT2D eigenvalue weighted by Gasteiger charge is 2.12. The summed E-state index contributed by atoms with van der Waals surface area (Å²) in [7, 11) is 0. The minimum Gasteiger partial charge on any atom is -0.307 e. The summed E-state index contributed by atoms with van der Waals surface area (Å²) in [6.07, 6.45) is 3.28. The Hall–Kier alpha value is -2.61. The fourth-order valence-electron chi connectivity index (χ4n) is 1.95. The molecule has 0 atom stereocenters. The van der Waals surface area contributed by atoms with Crippen molar-refractivity contribution in [2.45, 2.75) is 25.5 Å². The Balaban J connectivity index is 1.85. The number of allylic oxidation sites excluding steroid dienone is 1. The molecule has 0 aliphatic heterocycles. The number of amides is 3. The second-order valence-corrected chi connectivity index (χ2v) is 6.04. The Morgan fingerprint density at radius 1 is 1.38 bits per heavy atom. The van der Waals surface area contributed by atoms with E-state index in [4.69, 9.17) is 0 Å². The molecule has 2 aromatic rings. The van der Waals surface area contributed by atoms with E-state index in [2.05, 4.69) is 27.4 Å². The fraction of sp³-hybridized carbons (Fsp3) is 0.250. The summed E-state index contributed by atoms with van der Waals surface area (Å²) in [6, 6.07) is 5.04. The first kappa shape index (κ1) is 17.7. The van der Waals surface area contributed by atoms with Gasteiger partial charge in [-0.05, 0) is 31.0 Å². The normalized spacial score (nSPS) is 10.2. The summed E-state index contributed by atoms with van der Waals surface area (Å²) in [5.41, 5.74) is 2.71. The molecule has 0 saturated carbocycles. The van der Waals surface area contributed by atoms with Crippen LogP contribution in [0.15, 0.2) is 42.3 Å². The summed E-state index contributed by atoms with van der Waals surface area (Å²) in [5.74, 6) is -0.341. The molecule has 0 aliphatic rings. The third-order valence-corrected chi connectivity index (χ3v) is 4.32. The lowest BCUT2D eigenvalue weighted by atomic mass is 10.1. The molecule has 0 radical (unpaired) electrons. The molecule has 0 unspecified atom stereocenters. The smallest absolute Gasteiger partial charge is 0.307 e. The van der Waals surface area contributed by atoms with E-state index in [0.717, 1.165) is 11.1 Å². The maximum absolute atomic E-state index is 11.9. The average molecular weight is 345 g/mol. The summed E-state index contributed by atoms with van der Waals surface area (Å²) in [5, 5.41) is 13.3. The number of nitrogens with one attached hydrogen (secondary N) is 2. The van der Waals surface area contributed by atoms with Gasteiger partial charge in [0.1, 0.15) is 6.33 Å². The number of imide groups is 1. The summed E-state index contributed by atoms with van der Waals surface area (Å²) in [6.45, 7) is 8.08. The maximum Gasteiger partial charge on any atom is 0.325 e. The van der Waals surface area contributed by atoms with Crippen molar-refractivity contribution in [1.82, 2.24) is 20.1 Å². The highest BCUT2D eigenvalue weighted by molar-refractivity contribution is 7.99. The van der Waals surface area contributed by atoms with Crippen LogP contribution in [0.3, 0.4) is 0 Å². The predicted molar refractivity (Wildman–Crippen MR) is 94.0 cm³/mol. The number of rotatable bonds is 6. The van der Waals surface area contributed by atoms with Crippen molar-refractivity contribution in [2.75, 3.05) is 11.1 Å². The number of aryl methyl sites for hydroxylation is 1. The van der Waals surface area contributed by atoms with E-state index >= 15 is 0 Å². The van der Waals surface area contributed by atoms with Crippen LogP contribution < -0.4 is 10.6 Å². The lowest BCUT2D eigenvalue weighted by Gasteiger charge is -2.10. The van der Waals surface area contributed by atoms with Crippen LogP contribution in [-0.2, 0) is 11.3 Å². The number of carbonyl (C=O) groups is 2. The average Bonchev–Trinajstić information content (AvgIpc) is 2.97. The molecule has 2 rings (SSSR count). The molecule has 8 heteroatoms. The Kier molecular flexibility index (Phi) is 6.14. The number of thioether (sulfide) groups is 1. The Morgan fingerprint density at radius 2 is 2.17 bits per heavy atom. The van der Waals surface area contributed by atoms with Gasteiger partial charge >= 0.3 is 6.03 Å². The van der Waals surface area contributed by atoms with Crippen LogP contribution in [0.5, 0.6) is 0 Å². The van der Waals surface area contributed by atoms with Crippen LogP contribution in [0.1, 0.15) is 11.1 Å². The number of benzene rings is 1. The molecule has 0 spiro atoms. The summed E-state index contributed by atoms with van der Waals surface area (Å²) in [4.78, 5) is 23.8. The Morgan fingerprint density at radius 3 is 2.92 bits per heavy atom. The van der Waals surface area contributed by atoms with Crippen molar-refractivity contribution in [3.63, 3.8) is 0 Å². The first-order valence-electron chi connectivity index (χ1n) is 7.29. The van der Waals surface area contributed by atoms with E-state index < -0.39 is 11.9 Å². The van der Waals surface area contributed by atoms with Crippen LogP contribution in [0.2, 0.25) is 0 Å². The quantitative estimate of drug-likeness (QED) is 0.620. The molecule has 126 valence electrons. The first-order valence-corrected chi connectivity index (χ1v) is 8.28. The summed E-state index contributed by atoms with van der Waals surface area (Å²) < 4.78 is 1.77. The topological polar surface area (TPSA) is 88.9 Å². The predicted octanol–water partition coefficient (Wildman–Crippen LogP) is 2.52. The largest absolute Gasteiger partial charge is 0.325 e. The van der Waals surface area contributed by atoms with E-state index in [1.165, 1.54) is 11.8 Å². The van der Waals surface area contributed by atoms with Gasteiger partial charge in [0.2, 0.25) is 5.91 Å². The molecule has 0 saturated heterocycles. The van der Waals surface area contributed by atoms with Gasteiger partial charge in [0.15, 0.2) is 5.16 Å². The minimum atomic E-state index is -0.554. The zero-order valence-corrected chi connectivity index (χ0v) is 14.4. The van der Waals surface area contributed by atoms with Gasteiger partial charge in [-0.15, -0.1) is 16.8 Å². The Bertz CT molecular complexity index is 757. The van der Waals surface area contributed by atoms with E-state index in [-0.39, 0.29) is 5.75 Å². The lowest BCUT2D eigenvalue weighted by Crippen LogP contribution is -2.35. The van der Waals surface area contributed by atoms with Crippen molar-refractivity contribution < 1.29 is 9.59 Å². The van der Waals surface area contributed by atoms with Crippen LogP contribution in [0.4, 0.5) is 10.5 Å². The first-order chi connectivity index (χ1) is 11.5. The van der Waals surface area contributed by atoms with E-state index in [1.807, 2.05) is 26.0 Å². The lowest BCUT2D eigenvalue weighted by molar-refractivity contribution is -0.117. The number of hydrogen-bond donors (Lipinski definition) is 2. The standard InChI is InChI=1S/C16H19N5O2S/c1-4-8-21-10-17-20-16(21)24-9-14(22)19-15(23)18-13-7-5-6-11(2)12(13)3/h4-7,10H,1,8-9H2,2-3H3,(H2,18,19,22,23). The third kappa shape index (κ3) is 4.69. The molecule has 3 amide bonds. The second kappa shape index (κ2) is 8.30. The van der Waals surface area contributed by atoms with Crippen molar-refractivity contribution in [3.05, 3.63) is 48.3 Å². The van der Waals surface area contributed by atoms with E-state index in [1.54, 1.807) is 23.0 Å². The molecular formula is C16H19N5O2S. The fourth-order valence-corrected chi connectivity index (χ4v) is 2.68. The van der Waals surface area contributed by atoms with Gasteiger partial charge < -0.3 is 9.88 Å². The van der Waals surface area contributed by atoms with Gasteiger partial charge in [0.25, 0.3) is 0 Å². The van der Waals surface area contributed by atoms with Crippen molar-refractivity contribution in [2.24, 2.45) is 0 Å². The van der Waals surface area contributed by atoms with Gasteiger partial charge in [-0.1, -0.05) is 30.0 Å². The molecule has 1 heterocycles.